The Morgan fingerprint density at radius 1 is 1.26 bits per heavy atom. The Labute approximate surface area is 116 Å². The monoisotopic (exact) mass is 275 g/mol. The van der Waals surface area contributed by atoms with Crippen molar-refractivity contribution in [3.63, 3.8) is 0 Å². The summed E-state index contributed by atoms with van der Waals surface area (Å²) in [6.07, 6.45) is 0.824. The van der Waals surface area contributed by atoms with Gasteiger partial charge < -0.3 is 10.4 Å². The summed E-state index contributed by atoms with van der Waals surface area (Å²) < 4.78 is 0. The molecule has 0 spiro atoms. The Hall–Kier alpha value is -2.00. The molecular weight excluding hydrogens is 262 g/mol. The Morgan fingerprint density at radius 3 is 2.74 bits per heavy atom. The van der Waals surface area contributed by atoms with Crippen molar-refractivity contribution in [1.29, 1.82) is 0 Å². The lowest BCUT2D eigenvalue weighted by atomic mass is 10.1. The van der Waals surface area contributed by atoms with Gasteiger partial charge in [-0.1, -0.05) is 36.7 Å². The quantitative estimate of drug-likeness (QED) is 0.894. The van der Waals surface area contributed by atoms with Crippen LogP contribution in [0.3, 0.4) is 0 Å². The summed E-state index contributed by atoms with van der Waals surface area (Å²) in [6, 6.07) is 11.9. The number of phenols is 1. The van der Waals surface area contributed by atoms with Gasteiger partial charge in [0, 0.05) is 5.69 Å². The lowest BCUT2D eigenvalue weighted by molar-refractivity contribution is 0.102. The van der Waals surface area contributed by atoms with Crippen LogP contribution in [0.5, 0.6) is 5.75 Å². The minimum absolute atomic E-state index is 0.0123. The van der Waals surface area contributed by atoms with E-state index in [0.717, 1.165) is 17.7 Å². The summed E-state index contributed by atoms with van der Waals surface area (Å²) in [7, 11) is 0. The summed E-state index contributed by atoms with van der Waals surface area (Å²) in [6.45, 7) is 2.02. The van der Waals surface area contributed by atoms with E-state index < -0.39 is 0 Å². The standard InChI is InChI=1S/C15H14ClNO2/c1-2-10-5-3-4-6-14(10)17-15(19)12-9-11(18)7-8-13(12)16/h3-9,18H,2H2,1H3,(H,17,19). The first kappa shape index (κ1) is 13.4. The number of phenolic OH excluding ortho intramolecular Hbond substituents is 1. The molecule has 0 bridgehead atoms. The highest BCUT2D eigenvalue weighted by Crippen LogP contribution is 2.23. The topological polar surface area (TPSA) is 49.3 Å². The van der Waals surface area contributed by atoms with Crippen molar-refractivity contribution in [3.05, 3.63) is 58.6 Å². The van der Waals surface area contributed by atoms with E-state index in [1.54, 1.807) is 0 Å². The minimum Gasteiger partial charge on any atom is -0.508 e. The van der Waals surface area contributed by atoms with E-state index in [2.05, 4.69) is 5.32 Å². The SMILES string of the molecule is CCc1ccccc1NC(=O)c1cc(O)ccc1Cl. The van der Waals surface area contributed by atoms with Crippen LogP contribution in [0, 0.1) is 0 Å². The highest BCUT2D eigenvalue weighted by atomic mass is 35.5. The van der Waals surface area contributed by atoms with Crippen molar-refractivity contribution >= 4 is 23.2 Å². The molecular formula is C15H14ClNO2. The first-order valence-electron chi connectivity index (χ1n) is 5.99. The van der Waals surface area contributed by atoms with Crippen molar-refractivity contribution in [3.8, 4) is 5.75 Å². The number of para-hydroxylation sites is 1. The molecule has 0 atom stereocenters. The zero-order valence-corrected chi connectivity index (χ0v) is 11.2. The molecule has 0 saturated heterocycles. The highest BCUT2D eigenvalue weighted by molar-refractivity contribution is 6.34. The van der Waals surface area contributed by atoms with Gasteiger partial charge in [0.1, 0.15) is 5.75 Å². The van der Waals surface area contributed by atoms with Crippen LogP contribution in [0.4, 0.5) is 5.69 Å². The summed E-state index contributed by atoms with van der Waals surface area (Å²) in [5, 5.41) is 12.5. The molecule has 2 aromatic carbocycles. The van der Waals surface area contributed by atoms with Gasteiger partial charge in [-0.05, 0) is 36.2 Å². The molecule has 0 aliphatic rings. The Morgan fingerprint density at radius 2 is 2.00 bits per heavy atom. The summed E-state index contributed by atoms with van der Waals surface area (Å²) >= 11 is 5.96. The molecule has 2 N–H and O–H groups in total. The molecule has 0 unspecified atom stereocenters. The fourth-order valence-corrected chi connectivity index (χ4v) is 2.03. The van der Waals surface area contributed by atoms with E-state index in [9.17, 15) is 9.90 Å². The van der Waals surface area contributed by atoms with Crippen LogP contribution in [0.15, 0.2) is 42.5 Å². The zero-order chi connectivity index (χ0) is 13.8. The lowest BCUT2D eigenvalue weighted by Gasteiger charge is -2.10. The van der Waals surface area contributed by atoms with Gasteiger partial charge in [0.15, 0.2) is 0 Å². The molecule has 3 nitrogen and oxygen atoms in total. The number of benzene rings is 2. The fourth-order valence-electron chi connectivity index (χ4n) is 1.83. The number of aromatic hydroxyl groups is 1. The van der Waals surface area contributed by atoms with E-state index in [1.165, 1.54) is 18.2 Å². The molecule has 0 saturated carbocycles. The van der Waals surface area contributed by atoms with Crippen molar-refractivity contribution in [2.24, 2.45) is 0 Å². The fraction of sp³-hybridized carbons (Fsp3) is 0.133. The Kier molecular flexibility index (Phi) is 4.07. The van der Waals surface area contributed by atoms with Crippen LogP contribution in [-0.4, -0.2) is 11.0 Å². The second-order valence-corrected chi connectivity index (χ2v) is 4.54. The molecule has 0 aliphatic carbocycles. The van der Waals surface area contributed by atoms with Crippen LogP contribution in [0.2, 0.25) is 5.02 Å². The van der Waals surface area contributed by atoms with Gasteiger partial charge in [-0.2, -0.15) is 0 Å². The average Bonchev–Trinajstić information content (AvgIpc) is 2.42. The highest BCUT2D eigenvalue weighted by Gasteiger charge is 2.12. The summed E-state index contributed by atoms with van der Waals surface area (Å²) in [5.74, 6) is -0.319. The smallest absolute Gasteiger partial charge is 0.257 e. The number of aryl methyl sites for hydroxylation is 1. The Bertz CT molecular complexity index is 611. The number of rotatable bonds is 3. The number of anilines is 1. The van der Waals surface area contributed by atoms with E-state index in [1.807, 2.05) is 31.2 Å². The molecule has 0 aromatic heterocycles. The van der Waals surface area contributed by atoms with Crippen LogP contribution >= 0.6 is 11.6 Å². The van der Waals surface area contributed by atoms with E-state index in [4.69, 9.17) is 11.6 Å². The summed E-state index contributed by atoms with van der Waals surface area (Å²) in [5.41, 5.74) is 2.06. The Balaban J connectivity index is 2.28. The molecule has 0 heterocycles. The molecule has 0 aliphatic heterocycles. The normalized spacial score (nSPS) is 10.2. The molecule has 0 fully saturated rings. The number of hydrogen-bond donors (Lipinski definition) is 2. The third kappa shape index (κ3) is 3.06. The zero-order valence-electron chi connectivity index (χ0n) is 10.5. The minimum atomic E-state index is -0.332. The van der Waals surface area contributed by atoms with Gasteiger partial charge in [-0.15, -0.1) is 0 Å². The first-order chi connectivity index (χ1) is 9.11. The van der Waals surface area contributed by atoms with Gasteiger partial charge in [0.25, 0.3) is 5.91 Å². The lowest BCUT2D eigenvalue weighted by Crippen LogP contribution is -2.13. The third-order valence-corrected chi connectivity index (χ3v) is 3.17. The summed E-state index contributed by atoms with van der Waals surface area (Å²) in [4.78, 5) is 12.1. The maximum absolute atomic E-state index is 12.1. The maximum Gasteiger partial charge on any atom is 0.257 e. The number of amides is 1. The van der Waals surface area contributed by atoms with Gasteiger partial charge in [0.05, 0.1) is 10.6 Å². The van der Waals surface area contributed by atoms with Gasteiger partial charge in [0.2, 0.25) is 0 Å². The van der Waals surface area contributed by atoms with Crippen LogP contribution in [0.1, 0.15) is 22.8 Å². The van der Waals surface area contributed by atoms with Crippen molar-refractivity contribution in [1.82, 2.24) is 0 Å². The third-order valence-electron chi connectivity index (χ3n) is 2.84. The number of carbonyl (C=O) groups is 1. The van der Waals surface area contributed by atoms with Crippen LogP contribution < -0.4 is 5.32 Å². The molecule has 19 heavy (non-hydrogen) atoms. The maximum atomic E-state index is 12.1. The van der Waals surface area contributed by atoms with E-state index in [-0.39, 0.29) is 17.2 Å². The van der Waals surface area contributed by atoms with Crippen molar-refractivity contribution in [2.75, 3.05) is 5.32 Å². The average molecular weight is 276 g/mol. The van der Waals surface area contributed by atoms with Crippen LogP contribution in [-0.2, 0) is 6.42 Å². The van der Waals surface area contributed by atoms with Gasteiger partial charge >= 0.3 is 0 Å². The van der Waals surface area contributed by atoms with E-state index >= 15 is 0 Å². The molecule has 0 radical (unpaired) electrons. The second kappa shape index (κ2) is 5.76. The molecule has 4 heteroatoms. The molecule has 98 valence electrons. The molecule has 2 aromatic rings. The van der Waals surface area contributed by atoms with Gasteiger partial charge in [-0.25, -0.2) is 0 Å². The molecule has 2 rings (SSSR count). The number of halogens is 1. The number of carbonyl (C=O) groups excluding carboxylic acids is 1. The molecule has 1 amide bonds. The van der Waals surface area contributed by atoms with Crippen molar-refractivity contribution in [2.45, 2.75) is 13.3 Å². The predicted molar refractivity (Wildman–Crippen MR) is 76.9 cm³/mol. The number of nitrogens with one attached hydrogen (secondary N) is 1. The first-order valence-corrected chi connectivity index (χ1v) is 6.37. The van der Waals surface area contributed by atoms with E-state index in [0.29, 0.717) is 5.02 Å². The van der Waals surface area contributed by atoms with Crippen LogP contribution in [0.25, 0.3) is 0 Å². The largest absolute Gasteiger partial charge is 0.508 e. The number of hydrogen-bond acceptors (Lipinski definition) is 2. The van der Waals surface area contributed by atoms with Crippen molar-refractivity contribution < 1.29 is 9.90 Å². The predicted octanol–water partition coefficient (Wildman–Crippen LogP) is 3.86. The second-order valence-electron chi connectivity index (χ2n) is 4.13. The van der Waals surface area contributed by atoms with Gasteiger partial charge in [-0.3, -0.25) is 4.79 Å².